The van der Waals surface area contributed by atoms with Crippen molar-refractivity contribution < 1.29 is 27.1 Å². The van der Waals surface area contributed by atoms with E-state index in [2.05, 4.69) is 4.90 Å². The SMILES string of the molecule is CN1CC[C@@H]2[C@@H](C1)OCC(=O)N2c1cc(F)c(-c2cccc(C(F)(F)F)c2)cc1C#N. The number of anilines is 1. The van der Waals surface area contributed by atoms with E-state index in [0.29, 0.717) is 19.5 Å². The van der Waals surface area contributed by atoms with Crippen LogP contribution in [0.25, 0.3) is 11.1 Å². The molecule has 0 spiro atoms. The van der Waals surface area contributed by atoms with Crippen LogP contribution >= 0.6 is 0 Å². The van der Waals surface area contributed by atoms with Gasteiger partial charge in [0.05, 0.1) is 29.0 Å². The summed E-state index contributed by atoms with van der Waals surface area (Å²) in [5.74, 6) is -1.19. The van der Waals surface area contributed by atoms with Gasteiger partial charge in [-0.1, -0.05) is 12.1 Å². The molecule has 2 aromatic carbocycles. The van der Waals surface area contributed by atoms with Crippen LogP contribution in [-0.4, -0.2) is 49.7 Å². The number of nitriles is 1. The maximum atomic E-state index is 15.1. The highest BCUT2D eigenvalue weighted by Gasteiger charge is 2.41. The van der Waals surface area contributed by atoms with Crippen LogP contribution in [0.15, 0.2) is 36.4 Å². The number of benzene rings is 2. The molecule has 2 saturated heterocycles. The summed E-state index contributed by atoms with van der Waals surface area (Å²) in [6.45, 7) is 1.12. The molecule has 5 nitrogen and oxygen atoms in total. The van der Waals surface area contributed by atoms with Crippen molar-refractivity contribution in [3.05, 3.63) is 53.3 Å². The number of hydrogen-bond acceptors (Lipinski definition) is 4. The van der Waals surface area contributed by atoms with E-state index < -0.39 is 17.6 Å². The van der Waals surface area contributed by atoms with E-state index in [1.807, 2.05) is 13.1 Å². The van der Waals surface area contributed by atoms with Gasteiger partial charge in [-0.25, -0.2) is 4.39 Å². The topological polar surface area (TPSA) is 56.6 Å². The fourth-order valence-electron chi connectivity index (χ4n) is 4.20. The zero-order valence-corrected chi connectivity index (χ0v) is 16.6. The Balaban J connectivity index is 1.77. The number of hydrogen-bond donors (Lipinski definition) is 0. The van der Waals surface area contributed by atoms with Crippen LogP contribution in [0.2, 0.25) is 0 Å². The van der Waals surface area contributed by atoms with Crippen molar-refractivity contribution in [2.75, 3.05) is 31.6 Å². The van der Waals surface area contributed by atoms with Crippen LogP contribution in [-0.2, 0) is 15.7 Å². The number of likely N-dealkylation sites (tertiary alicyclic amines) is 1. The van der Waals surface area contributed by atoms with Gasteiger partial charge in [-0.15, -0.1) is 0 Å². The van der Waals surface area contributed by atoms with E-state index in [1.54, 1.807) is 0 Å². The lowest BCUT2D eigenvalue weighted by atomic mass is 9.95. The molecule has 0 aromatic heterocycles. The number of halogens is 4. The smallest absolute Gasteiger partial charge is 0.365 e. The number of amides is 1. The number of rotatable bonds is 2. The summed E-state index contributed by atoms with van der Waals surface area (Å²) < 4.78 is 59.9. The largest absolute Gasteiger partial charge is 0.416 e. The molecule has 4 rings (SSSR count). The lowest BCUT2D eigenvalue weighted by Crippen LogP contribution is -2.61. The molecule has 0 unspecified atom stereocenters. The number of ether oxygens (including phenoxy) is 1. The van der Waals surface area contributed by atoms with E-state index >= 15 is 4.39 Å². The zero-order chi connectivity index (χ0) is 22.3. The van der Waals surface area contributed by atoms with Gasteiger partial charge in [-0.2, -0.15) is 18.4 Å². The van der Waals surface area contributed by atoms with Crippen molar-refractivity contribution in [1.82, 2.24) is 4.90 Å². The second-order valence-corrected chi connectivity index (χ2v) is 7.77. The third-order valence-corrected chi connectivity index (χ3v) is 5.71. The zero-order valence-electron chi connectivity index (χ0n) is 16.6. The first-order valence-electron chi connectivity index (χ1n) is 9.72. The van der Waals surface area contributed by atoms with Gasteiger partial charge in [0.15, 0.2) is 0 Å². The average Bonchev–Trinajstić information content (AvgIpc) is 2.73. The first-order chi connectivity index (χ1) is 14.7. The Bertz CT molecular complexity index is 1060. The van der Waals surface area contributed by atoms with Gasteiger partial charge < -0.3 is 14.5 Å². The number of fused-ring (bicyclic) bond motifs is 1. The molecule has 1 amide bonds. The number of carbonyl (C=O) groups is 1. The number of morpholine rings is 1. The van der Waals surface area contributed by atoms with E-state index in [0.717, 1.165) is 18.2 Å². The lowest BCUT2D eigenvalue weighted by Gasteiger charge is -2.46. The fourth-order valence-corrected chi connectivity index (χ4v) is 4.20. The number of alkyl halides is 3. The van der Waals surface area contributed by atoms with Gasteiger partial charge in [-0.05, 0) is 43.3 Å². The molecule has 2 aliphatic rings. The minimum Gasteiger partial charge on any atom is -0.365 e. The van der Waals surface area contributed by atoms with Gasteiger partial charge in [0.2, 0.25) is 0 Å². The monoisotopic (exact) mass is 433 g/mol. The third kappa shape index (κ3) is 4.01. The minimum absolute atomic E-state index is 0.000784. The quantitative estimate of drug-likeness (QED) is 0.676. The molecule has 2 aliphatic heterocycles. The molecule has 0 bridgehead atoms. The summed E-state index contributed by atoms with van der Waals surface area (Å²) in [4.78, 5) is 16.1. The molecule has 2 atom stereocenters. The van der Waals surface area contributed by atoms with Crippen molar-refractivity contribution in [3.8, 4) is 17.2 Å². The van der Waals surface area contributed by atoms with Crippen LogP contribution in [0.1, 0.15) is 17.5 Å². The molecule has 0 radical (unpaired) electrons. The van der Waals surface area contributed by atoms with Crippen LogP contribution in [0.5, 0.6) is 0 Å². The van der Waals surface area contributed by atoms with Crippen molar-refractivity contribution in [1.29, 1.82) is 5.26 Å². The highest BCUT2D eigenvalue weighted by atomic mass is 19.4. The Hall–Kier alpha value is -2.96. The first-order valence-corrected chi connectivity index (χ1v) is 9.72. The molecule has 0 aliphatic carbocycles. The van der Waals surface area contributed by atoms with Gasteiger partial charge >= 0.3 is 6.18 Å². The van der Waals surface area contributed by atoms with Crippen molar-refractivity contribution >= 4 is 11.6 Å². The molecule has 9 heteroatoms. The maximum absolute atomic E-state index is 15.1. The number of nitrogens with zero attached hydrogens (tertiary/aromatic N) is 3. The second kappa shape index (κ2) is 7.94. The fraction of sp³-hybridized carbons (Fsp3) is 0.364. The maximum Gasteiger partial charge on any atom is 0.416 e. The number of carbonyl (C=O) groups excluding carboxylic acids is 1. The molecule has 2 heterocycles. The highest BCUT2D eigenvalue weighted by Crippen LogP contribution is 2.37. The van der Waals surface area contributed by atoms with Crippen molar-refractivity contribution in [3.63, 3.8) is 0 Å². The van der Waals surface area contributed by atoms with E-state index in [1.165, 1.54) is 23.1 Å². The summed E-state index contributed by atoms with van der Waals surface area (Å²) in [5.41, 5.74) is -0.914. The Morgan fingerprint density at radius 2 is 2.00 bits per heavy atom. The molecular weight excluding hydrogens is 414 g/mol. The summed E-state index contributed by atoms with van der Waals surface area (Å²) in [6.07, 6.45) is -4.25. The molecular formula is C22H19F4N3O2. The highest BCUT2D eigenvalue weighted by molar-refractivity contribution is 5.97. The van der Waals surface area contributed by atoms with Gasteiger partial charge in [0, 0.05) is 18.7 Å². The van der Waals surface area contributed by atoms with Gasteiger partial charge in [0.25, 0.3) is 5.91 Å². The Kier molecular flexibility index (Phi) is 5.45. The molecule has 0 saturated carbocycles. The third-order valence-electron chi connectivity index (χ3n) is 5.71. The molecule has 31 heavy (non-hydrogen) atoms. The minimum atomic E-state index is -4.58. The van der Waals surface area contributed by atoms with Gasteiger partial charge in [0.1, 0.15) is 18.5 Å². The van der Waals surface area contributed by atoms with Crippen LogP contribution < -0.4 is 4.90 Å². The summed E-state index contributed by atoms with van der Waals surface area (Å²) >= 11 is 0. The Morgan fingerprint density at radius 3 is 2.71 bits per heavy atom. The average molecular weight is 433 g/mol. The first kappa shape index (κ1) is 21.3. The summed E-state index contributed by atoms with van der Waals surface area (Å²) in [6, 6.07) is 8.16. The van der Waals surface area contributed by atoms with Crippen molar-refractivity contribution in [2.45, 2.75) is 24.7 Å². The van der Waals surface area contributed by atoms with Crippen LogP contribution in [0, 0.1) is 17.1 Å². The summed E-state index contributed by atoms with van der Waals surface area (Å²) in [7, 11) is 1.94. The number of likely N-dealkylation sites (N-methyl/N-ethyl adjacent to an activating group) is 1. The van der Waals surface area contributed by atoms with Crippen molar-refractivity contribution in [2.24, 2.45) is 0 Å². The predicted octanol–water partition coefficient (Wildman–Crippen LogP) is 3.82. The molecule has 2 fully saturated rings. The van der Waals surface area contributed by atoms with Crippen LogP contribution in [0.3, 0.4) is 0 Å². The molecule has 2 aromatic rings. The molecule has 0 N–H and O–H groups in total. The Morgan fingerprint density at radius 1 is 1.23 bits per heavy atom. The van der Waals surface area contributed by atoms with E-state index in [4.69, 9.17) is 4.74 Å². The second-order valence-electron chi connectivity index (χ2n) is 7.77. The van der Waals surface area contributed by atoms with E-state index in [-0.39, 0.29) is 47.0 Å². The Labute approximate surface area is 176 Å². The molecule has 162 valence electrons. The summed E-state index contributed by atoms with van der Waals surface area (Å²) in [5, 5.41) is 9.69. The predicted molar refractivity (Wildman–Crippen MR) is 105 cm³/mol. The lowest BCUT2D eigenvalue weighted by molar-refractivity contribution is -0.137. The number of piperidine rings is 1. The van der Waals surface area contributed by atoms with E-state index in [9.17, 15) is 23.2 Å². The normalized spacial score (nSPS) is 22.2. The van der Waals surface area contributed by atoms with Crippen LogP contribution in [0.4, 0.5) is 23.2 Å². The van der Waals surface area contributed by atoms with Gasteiger partial charge in [-0.3, -0.25) is 4.79 Å². The standard InChI is InChI=1S/C22H19F4N3O2/c1-28-6-5-18-20(11-28)31-12-21(30)29(18)19-9-17(23)16(8-14(19)10-27)13-3-2-4-15(7-13)22(24,25)26/h2-4,7-9,18,20H,5-6,11-12H2,1H3/t18-,20-/m1/s1.